The first-order chi connectivity index (χ1) is 14.2. The molecule has 0 aliphatic rings. The number of para-hydroxylation sites is 1. The highest BCUT2D eigenvalue weighted by Gasteiger charge is 2.09. The topological polar surface area (TPSA) is 66.9 Å². The van der Waals surface area contributed by atoms with Crippen molar-refractivity contribution in [2.45, 2.75) is 6.42 Å². The highest BCUT2D eigenvalue weighted by molar-refractivity contribution is 5.95. The number of carbonyl (C=O) groups is 1. The first-order valence-corrected chi connectivity index (χ1v) is 9.28. The van der Waals surface area contributed by atoms with E-state index in [2.05, 4.69) is 20.6 Å². The number of fused-ring (bicyclic) bond motifs is 1. The van der Waals surface area contributed by atoms with Crippen LogP contribution in [0.2, 0.25) is 0 Å². The van der Waals surface area contributed by atoms with Gasteiger partial charge in [-0.25, -0.2) is 4.39 Å². The normalized spacial score (nSPS) is 10.7. The maximum atomic E-state index is 13.0. The third kappa shape index (κ3) is 4.55. The third-order valence-corrected chi connectivity index (χ3v) is 4.52. The molecule has 1 amide bonds. The predicted molar refractivity (Wildman–Crippen MR) is 112 cm³/mol. The standard InChI is InChI=1S/C23H19FN4O/c24-18-8-6-16(7-9-18)10-13-27-23(29)21-15-19(11-14-25-21)28-20-5-1-3-17-4-2-12-26-22(17)20/h1-9,11-12,14-15H,10,13H2,(H,25,28)(H,27,29). The lowest BCUT2D eigenvalue weighted by Gasteiger charge is -2.10. The third-order valence-electron chi connectivity index (χ3n) is 4.52. The van der Waals surface area contributed by atoms with E-state index in [0.29, 0.717) is 18.7 Å². The van der Waals surface area contributed by atoms with E-state index in [0.717, 1.165) is 27.8 Å². The largest absolute Gasteiger partial charge is 0.354 e. The zero-order valence-corrected chi connectivity index (χ0v) is 15.6. The molecule has 29 heavy (non-hydrogen) atoms. The summed E-state index contributed by atoms with van der Waals surface area (Å²) in [6, 6.07) is 19.5. The van der Waals surface area contributed by atoms with E-state index in [1.54, 1.807) is 36.7 Å². The predicted octanol–water partition coefficient (Wildman–Crippen LogP) is 4.49. The Morgan fingerprint density at radius 3 is 2.62 bits per heavy atom. The number of rotatable bonds is 6. The molecule has 5 nitrogen and oxygen atoms in total. The van der Waals surface area contributed by atoms with Crippen molar-refractivity contribution in [1.29, 1.82) is 0 Å². The Morgan fingerprint density at radius 1 is 0.931 bits per heavy atom. The van der Waals surface area contributed by atoms with E-state index in [9.17, 15) is 9.18 Å². The van der Waals surface area contributed by atoms with Crippen LogP contribution in [0, 0.1) is 5.82 Å². The first-order valence-electron chi connectivity index (χ1n) is 9.28. The van der Waals surface area contributed by atoms with Gasteiger partial charge in [-0.1, -0.05) is 30.3 Å². The van der Waals surface area contributed by atoms with Crippen LogP contribution in [0.1, 0.15) is 16.1 Å². The number of hydrogen-bond acceptors (Lipinski definition) is 4. The molecule has 4 aromatic rings. The van der Waals surface area contributed by atoms with E-state index in [4.69, 9.17) is 0 Å². The highest BCUT2D eigenvalue weighted by atomic mass is 19.1. The van der Waals surface area contributed by atoms with Crippen LogP contribution in [0.25, 0.3) is 10.9 Å². The molecule has 0 saturated carbocycles. The van der Waals surface area contributed by atoms with Gasteiger partial charge >= 0.3 is 0 Å². The summed E-state index contributed by atoms with van der Waals surface area (Å²) in [5, 5.41) is 7.19. The van der Waals surface area contributed by atoms with E-state index in [-0.39, 0.29) is 11.7 Å². The second kappa shape index (κ2) is 8.48. The number of hydrogen-bond donors (Lipinski definition) is 2. The van der Waals surface area contributed by atoms with E-state index in [1.807, 2.05) is 30.3 Å². The summed E-state index contributed by atoms with van der Waals surface area (Å²) in [5.74, 6) is -0.528. The molecule has 6 heteroatoms. The number of pyridine rings is 2. The molecule has 0 atom stereocenters. The molecule has 2 aromatic carbocycles. The Balaban J connectivity index is 1.42. The van der Waals surface area contributed by atoms with Crippen molar-refractivity contribution in [2.24, 2.45) is 0 Å². The van der Waals surface area contributed by atoms with Gasteiger partial charge < -0.3 is 10.6 Å². The maximum absolute atomic E-state index is 13.0. The van der Waals surface area contributed by atoms with Crippen LogP contribution in [0.4, 0.5) is 15.8 Å². The van der Waals surface area contributed by atoms with E-state index < -0.39 is 0 Å². The first kappa shape index (κ1) is 18.6. The van der Waals surface area contributed by atoms with Crippen molar-refractivity contribution >= 4 is 28.2 Å². The summed E-state index contributed by atoms with van der Waals surface area (Å²) in [6.07, 6.45) is 3.96. The minimum atomic E-state index is -0.271. The van der Waals surface area contributed by atoms with Gasteiger partial charge in [-0.2, -0.15) is 0 Å². The lowest BCUT2D eigenvalue weighted by Crippen LogP contribution is -2.26. The number of halogens is 1. The van der Waals surface area contributed by atoms with E-state index >= 15 is 0 Å². The van der Waals surface area contributed by atoms with Crippen molar-refractivity contribution in [3.05, 3.63) is 96.2 Å². The second-order valence-corrected chi connectivity index (χ2v) is 6.57. The second-order valence-electron chi connectivity index (χ2n) is 6.57. The molecule has 0 fully saturated rings. The lowest BCUT2D eigenvalue weighted by molar-refractivity contribution is 0.0949. The summed E-state index contributed by atoms with van der Waals surface area (Å²) in [5.41, 5.74) is 3.75. The van der Waals surface area contributed by atoms with E-state index in [1.165, 1.54) is 12.1 Å². The summed E-state index contributed by atoms with van der Waals surface area (Å²) < 4.78 is 13.0. The molecule has 144 valence electrons. The SMILES string of the molecule is O=C(NCCc1ccc(F)cc1)c1cc(Nc2cccc3cccnc23)ccn1. The summed E-state index contributed by atoms with van der Waals surface area (Å²) in [6.45, 7) is 0.442. The van der Waals surface area contributed by atoms with Gasteiger partial charge in [0.1, 0.15) is 11.5 Å². The Kier molecular flexibility index (Phi) is 5.42. The zero-order valence-electron chi connectivity index (χ0n) is 15.6. The molecular weight excluding hydrogens is 367 g/mol. The van der Waals surface area contributed by atoms with Crippen molar-refractivity contribution in [3.8, 4) is 0 Å². The Bertz CT molecular complexity index is 1140. The average molecular weight is 386 g/mol. The monoisotopic (exact) mass is 386 g/mol. The number of anilines is 2. The number of carbonyl (C=O) groups excluding carboxylic acids is 1. The van der Waals surface area contributed by atoms with Gasteiger partial charge in [0.15, 0.2) is 0 Å². The fourth-order valence-corrected chi connectivity index (χ4v) is 3.06. The van der Waals surface area contributed by atoms with Gasteiger partial charge in [0.25, 0.3) is 5.91 Å². The molecule has 0 aliphatic carbocycles. The summed E-state index contributed by atoms with van der Waals surface area (Å²) in [4.78, 5) is 21.0. The molecule has 0 unspecified atom stereocenters. The van der Waals surface area contributed by atoms with Crippen LogP contribution < -0.4 is 10.6 Å². The van der Waals surface area contributed by atoms with Crippen LogP contribution in [0.3, 0.4) is 0 Å². The number of aromatic nitrogens is 2. The Labute approximate surface area is 167 Å². The average Bonchev–Trinajstić information content (AvgIpc) is 2.75. The molecule has 4 rings (SSSR count). The van der Waals surface area contributed by atoms with Gasteiger partial charge in [0.05, 0.1) is 11.2 Å². The van der Waals surface area contributed by atoms with Crippen molar-refractivity contribution < 1.29 is 9.18 Å². The molecule has 0 aliphatic heterocycles. The van der Waals surface area contributed by atoms with Crippen molar-refractivity contribution in [3.63, 3.8) is 0 Å². The van der Waals surface area contributed by atoms with Crippen molar-refractivity contribution in [1.82, 2.24) is 15.3 Å². The van der Waals surface area contributed by atoms with Crippen LogP contribution in [-0.2, 0) is 6.42 Å². The summed E-state index contributed by atoms with van der Waals surface area (Å²) in [7, 11) is 0. The molecule has 0 saturated heterocycles. The summed E-state index contributed by atoms with van der Waals surface area (Å²) >= 11 is 0. The minimum absolute atomic E-state index is 0.258. The number of nitrogens with zero attached hydrogens (tertiary/aromatic N) is 2. The highest BCUT2D eigenvalue weighted by Crippen LogP contribution is 2.24. The maximum Gasteiger partial charge on any atom is 0.269 e. The van der Waals surface area contributed by atoms with Crippen molar-refractivity contribution in [2.75, 3.05) is 11.9 Å². The van der Waals surface area contributed by atoms with Crippen LogP contribution in [-0.4, -0.2) is 22.4 Å². The number of nitrogens with one attached hydrogen (secondary N) is 2. The molecule has 0 bridgehead atoms. The molecule has 0 spiro atoms. The lowest BCUT2D eigenvalue weighted by atomic mass is 10.1. The molecule has 0 radical (unpaired) electrons. The van der Waals surface area contributed by atoms with Gasteiger partial charge in [0, 0.05) is 30.0 Å². The Morgan fingerprint density at radius 2 is 1.76 bits per heavy atom. The number of amides is 1. The minimum Gasteiger partial charge on any atom is -0.354 e. The quantitative estimate of drug-likeness (QED) is 0.513. The molecular formula is C23H19FN4O. The zero-order chi connectivity index (χ0) is 20.1. The molecule has 2 heterocycles. The fourth-order valence-electron chi connectivity index (χ4n) is 3.06. The fraction of sp³-hybridized carbons (Fsp3) is 0.0870. The molecule has 2 aromatic heterocycles. The molecule has 2 N–H and O–H groups in total. The number of benzene rings is 2. The van der Waals surface area contributed by atoms with Gasteiger partial charge in [-0.05, 0) is 48.4 Å². The van der Waals surface area contributed by atoms with Crippen LogP contribution >= 0.6 is 0 Å². The van der Waals surface area contributed by atoms with Crippen LogP contribution in [0.15, 0.2) is 79.1 Å². The van der Waals surface area contributed by atoms with Gasteiger partial charge in [-0.3, -0.25) is 14.8 Å². The van der Waals surface area contributed by atoms with Gasteiger partial charge in [-0.15, -0.1) is 0 Å². The van der Waals surface area contributed by atoms with Gasteiger partial charge in [0.2, 0.25) is 0 Å². The smallest absolute Gasteiger partial charge is 0.269 e. The Hall–Kier alpha value is -3.80. The van der Waals surface area contributed by atoms with Crippen LogP contribution in [0.5, 0.6) is 0 Å².